The highest BCUT2D eigenvalue weighted by molar-refractivity contribution is 6.31. The van der Waals surface area contributed by atoms with Crippen LogP contribution in [0.3, 0.4) is 0 Å². The number of rotatable bonds is 6. The molecule has 2 N–H and O–H groups in total. The van der Waals surface area contributed by atoms with E-state index in [1.807, 2.05) is 4.90 Å². The van der Waals surface area contributed by atoms with Crippen LogP contribution in [0, 0.1) is 0 Å². The maximum Gasteiger partial charge on any atom is 0.417 e. The third-order valence-corrected chi connectivity index (χ3v) is 5.80. The molecule has 1 heterocycles. The number of nitrogens with zero attached hydrogens (tertiary/aromatic N) is 1. The van der Waals surface area contributed by atoms with E-state index in [-0.39, 0.29) is 25.0 Å². The molecule has 0 saturated carbocycles. The van der Waals surface area contributed by atoms with Gasteiger partial charge < -0.3 is 19.8 Å². The van der Waals surface area contributed by atoms with Gasteiger partial charge >= 0.3 is 6.18 Å². The predicted octanol–water partition coefficient (Wildman–Crippen LogP) is 4.74. The first-order chi connectivity index (χ1) is 14.1. The number of hydrogen-bond acceptors (Lipinski definition) is 4. The Morgan fingerprint density at radius 1 is 1.07 bits per heavy atom. The lowest BCUT2D eigenvalue weighted by molar-refractivity contribution is -0.137. The van der Waals surface area contributed by atoms with E-state index in [4.69, 9.17) is 27.9 Å². The molecule has 0 aliphatic carbocycles. The maximum atomic E-state index is 13.1. The zero-order valence-corrected chi connectivity index (χ0v) is 17.5. The molecule has 30 heavy (non-hydrogen) atoms. The smallest absolute Gasteiger partial charge is 0.417 e. The van der Waals surface area contributed by atoms with Gasteiger partial charge in [0.25, 0.3) is 0 Å². The van der Waals surface area contributed by atoms with E-state index >= 15 is 0 Å². The van der Waals surface area contributed by atoms with Crippen LogP contribution in [-0.4, -0.2) is 47.5 Å². The number of β-amino-alcohol motifs (C(OH)–C–C–N with tert-alkyl or cyclic N) is 1. The fourth-order valence-electron chi connectivity index (χ4n) is 3.50. The minimum absolute atomic E-state index is 0.0918. The molecule has 3 rings (SSSR count). The molecule has 2 aromatic carbocycles. The molecule has 4 nitrogen and oxygen atoms in total. The molecule has 164 valence electrons. The lowest BCUT2D eigenvalue weighted by Gasteiger charge is -2.39. The summed E-state index contributed by atoms with van der Waals surface area (Å²) < 4.78 is 44.9. The van der Waals surface area contributed by atoms with Crippen molar-refractivity contribution in [3.05, 3.63) is 63.6 Å². The summed E-state index contributed by atoms with van der Waals surface area (Å²) in [4.78, 5) is 1.95. The van der Waals surface area contributed by atoms with Gasteiger partial charge in [-0.3, -0.25) is 0 Å². The zero-order valence-electron chi connectivity index (χ0n) is 16.0. The van der Waals surface area contributed by atoms with Crippen LogP contribution in [0.15, 0.2) is 42.5 Å². The molecule has 1 atom stereocenters. The Bertz CT molecular complexity index is 854. The molecular formula is C21H22Cl2F3NO3. The van der Waals surface area contributed by atoms with Gasteiger partial charge in [0, 0.05) is 24.7 Å². The number of hydrogen-bond donors (Lipinski definition) is 2. The van der Waals surface area contributed by atoms with Crippen molar-refractivity contribution in [3.8, 4) is 5.75 Å². The number of alkyl halides is 3. The summed E-state index contributed by atoms with van der Waals surface area (Å²) in [5.74, 6) is 0.592. The van der Waals surface area contributed by atoms with Gasteiger partial charge in [0.1, 0.15) is 18.5 Å². The summed E-state index contributed by atoms with van der Waals surface area (Å²) in [7, 11) is 0. The number of likely N-dealkylation sites (tertiary alicyclic amines) is 1. The van der Waals surface area contributed by atoms with Gasteiger partial charge in [-0.2, -0.15) is 13.2 Å². The number of halogens is 5. The Morgan fingerprint density at radius 3 is 2.30 bits per heavy atom. The fourth-order valence-corrected chi connectivity index (χ4v) is 3.85. The van der Waals surface area contributed by atoms with Crippen molar-refractivity contribution < 1.29 is 28.1 Å². The molecule has 0 aromatic heterocycles. The topological polar surface area (TPSA) is 52.9 Å². The first-order valence-corrected chi connectivity index (χ1v) is 10.2. The first-order valence-electron chi connectivity index (χ1n) is 9.45. The molecule has 0 bridgehead atoms. The monoisotopic (exact) mass is 463 g/mol. The highest BCUT2D eigenvalue weighted by atomic mass is 35.5. The van der Waals surface area contributed by atoms with Gasteiger partial charge in [-0.05, 0) is 54.8 Å². The van der Waals surface area contributed by atoms with E-state index in [9.17, 15) is 23.4 Å². The molecule has 1 saturated heterocycles. The molecule has 1 aliphatic heterocycles. The van der Waals surface area contributed by atoms with Crippen molar-refractivity contribution in [1.29, 1.82) is 0 Å². The Morgan fingerprint density at radius 2 is 1.70 bits per heavy atom. The second-order valence-electron chi connectivity index (χ2n) is 7.44. The predicted molar refractivity (Wildman–Crippen MR) is 109 cm³/mol. The molecule has 1 aliphatic rings. The van der Waals surface area contributed by atoms with Crippen LogP contribution >= 0.6 is 23.2 Å². The van der Waals surface area contributed by atoms with Crippen molar-refractivity contribution in [1.82, 2.24) is 4.90 Å². The second kappa shape index (κ2) is 9.32. The molecule has 0 radical (unpaired) electrons. The van der Waals surface area contributed by atoms with Crippen molar-refractivity contribution in [2.75, 3.05) is 26.2 Å². The Kier molecular flexibility index (Phi) is 7.20. The fraction of sp³-hybridized carbons (Fsp3) is 0.429. The number of ether oxygens (including phenoxy) is 1. The number of benzene rings is 2. The van der Waals surface area contributed by atoms with Gasteiger partial charge in [0.2, 0.25) is 0 Å². The minimum atomic E-state index is -4.58. The molecule has 9 heteroatoms. The summed E-state index contributed by atoms with van der Waals surface area (Å²) in [6, 6.07) is 10.3. The van der Waals surface area contributed by atoms with E-state index in [2.05, 4.69) is 0 Å². The summed E-state index contributed by atoms with van der Waals surface area (Å²) >= 11 is 11.5. The number of piperidine rings is 1. The Hall–Kier alpha value is -1.51. The van der Waals surface area contributed by atoms with Gasteiger partial charge in [-0.15, -0.1) is 0 Å². The van der Waals surface area contributed by atoms with Crippen molar-refractivity contribution in [3.63, 3.8) is 0 Å². The van der Waals surface area contributed by atoms with Gasteiger partial charge in [-0.1, -0.05) is 29.3 Å². The lowest BCUT2D eigenvalue weighted by atomic mass is 9.83. The van der Waals surface area contributed by atoms with Crippen LogP contribution in [-0.2, 0) is 11.8 Å². The standard InChI is InChI=1S/C21H22Cl2F3NO3/c22-15-2-4-17(5-3-15)30-13-16(28)12-27-9-7-20(29,8-10-27)14-1-6-19(23)18(11-14)21(24,25)26/h1-6,11,16,28-29H,7-10,12-13H2/t16-/m1/s1. The molecule has 0 unspecified atom stereocenters. The van der Waals surface area contributed by atoms with E-state index in [1.165, 1.54) is 12.1 Å². The van der Waals surface area contributed by atoms with E-state index in [0.29, 0.717) is 30.4 Å². The first kappa shape index (κ1) is 23.2. The van der Waals surface area contributed by atoms with Crippen LogP contribution in [0.25, 0.3) is 0 Å². The van der Waals surface area contributed by atoms with Crippen molar-refractivity contribution in [2.45, 2.75) is 30.7 Å². The molecule has 1 fully saturated rings. The molecule has 0 amide bonds. The molecule has 0 spiro atoms. The number of aliphatic hydroxyl groups excluding tert-OH is 1. The summed E-state index contributed by atoms with van der Waals surface area (Å²) in [6.45, 7) is 1.28. The summed E-state index contributed by atoms with van der Waals surface area (Å²) in [5, 5.41) is 21.3. The van der Waals surface area contributed by atoms with E-state index in [0.717, 1.165) is 6.07 Å². The molecular weight excluding hydrogens is 442 g/mol. The van der Waals surface area contributed by atoms with E-state index in [1.54, 1.807) is 24.3 Å². The summed E-state index contributed by atoms with van der Waals surface area (Å²) in [5.41, 5.74) is -2.12. The van der Waals surface area contributed by atoms with E-state index < -0.39 is 28.5 Å². The average Bonchev–Trinajstić information content (AvgIpc) is 2.69. The van der Waals surface area contributed by atoms with Gasteiger partial charge in [0.15, 0.2) is 0 Å². The quantitative estimate of drug-likeness (QED) is 0.649. The van der Waals surface area contributed by atoms with Crippen LogP contribution in [0.5, 0.6) is 5.75 Å². The SMILES string of the molecule is O[C@@H](COc1ccc(Cl)cc1)CN1CCC(O)(c2ccc(Cl)c(C(F)(F)F)c2)CC1. The Balaban J connectivity index is 1.54. The zero-order chi connectivity index (χ0) is 21.9. The largest absolute Gasteiger partial charge is 0.491 e. The highest BCUT2D eigenvalue weighted by Gasteiger charge is 2.38. The normalized spacial score (nSPS) is 18.2. The van der Waals surface area contributed by atoms with Crippen LogP contribution in [0.2, 0.25) is 10.0 Å². The van der Waals surface area contributed by atoms with Crippen LogP contribution < -0.4 is 4.74 Å². The maximum absolute atomic E-state index is 13.1. The Labute approximate surface area is 182 Å². The third-order valence-electron chi connectivity index (χ3n) is 5.22. The van der Waals surface area contributed by atoms with Gasteiger partial charge in [-0.25, -0.2) is 0 Å². The minimum Gasteiger partial charge on any atom is -0.491 e. The average molecular weight is 464 g/mol. The lowest BCUT2D eigenvalue weighted by Crippen LogP contribution is -2.46. The number of aliphatic hydroxyl groups is 2. The van der Waals surface area contributed by atoms with Crippen molar-refractivity contribution in [2.24, 2.45) is 0 Å². The molecule has 2 aromatic rings. The third kappa shape index (κ3) is 5.80. The summed E-state index contributed by atoms with van der Waals surface area (Å²) in [6.07, 6.45) is -4.84. The van der Waals surface area contributed by atoms with Crippen molar-refractivity contribution >= 4 is 23.2 Å². The van der Waals surface area contributed by atoms with Crippen LogP contribution in [0.4, 0.5) is 13.2 Å². The second-order valence-corrected chi connectivity index (χ2v) is 8.29. The van der Waals surface area contributed by atoms with Crippen LogP contribution in [0.1, 0.15) is 24.0 Å². The van der Waals surface area contributed by atoms with Gasteiger partial charge in [0.05, 0.1) is 16.2 Å². The highest BCUT2D eigenvalue weighted by Crippen LogP contribution is 2.39.